The van der Waals surface area contributed by atoms with E-state index in [1.165, 1.54) is 0 Å². The Kier molecular flexibility index (Phi) is 9.33. The molecule has 2 saturated heterocycles. The quantitative estimate of drug-likeness (QED) is 0.241. The van der Waals surface area contributed by atoms with Crippen LogP contribution in [0.4, 0.5) is 0 Å². The molecule has 0 bridgehead atoms. The lowest BCUT2D eigenvalue weighted by Gasteiger charge is -2.53. The van der Waals surface area contributed by atoms with Gasteiger partial charge in [0.1, 0.15) is 12.2 Å². The average Bonchev–Trinajstić information content (AvgIpc) is 2.71. The van der Waals surface area contributed by atoms with Crippen molar-refractivity contribution in [1.82, 2.24) is 0 Å². The minimum Gasteiger partial charge on any atom is -0.414 e. The van der Waals surface area contributed by atoms with Crippen LogP contribution < -0.4 is 0 Å². The first-order valence-corrected chi connectivity index (χ1v) is 18.7. The molecule has 0 radical (unpaired) electrons. The van der Waals surface area contributed by atoms with Crippen molar-refractivity contribution >= 4 is 16.6 Å². The Hall–Kier alpha value is -0.286. The molecule has 2 heterocycles. The van der Waals surface area contributed by atoms with E-state index in [2.05, 4.69) is 80.9 Å². The maximum Gasteiger partial charge on any atom is 0.193 e. The number of hydrogen-bond acceptors (Lipinski definition) is 5. The molecule has 5 nitrogen and oxygen atoms in total. The van der Waals surface area contributed by atoms with Crippen LogP contribution in [-0.4, -0.2) is 60.6 Å². The van der Waals surface area contributed by atoms with Crippen molar-refractivity contribution in [1.29, 1.82) is 0 Å². The highest BCUT2D eigenvalue weighted by Gasteiger charge is 2.53. The summed E-state index contributed by atoms with van der Waals surface area (Å²) >= 11 is 0. The van der Waals surface area contributed by atoms with Crippen LogP contribution in [0.1, 0.15) is 67.2 Å². The van der Waals surface area contributed by atoms with E-state index < -0.39 is 22.4 Å². The van der Waals surface area contributed by atoms with E-state index in [1.807, 2.05) is 6.08 Å². The number of allylic oxidation sites excluding steroid dienone is 1. The third-order valence-corrected chi connectivity index (χ3v) is 17.6. The fourth-order valence-electron chi connectivity index (χ4n) is 4.05. The normalized spacial score (nSPS) is 31.3. The van der Waals surface area contributed by atoms with Gasteiger partial charge in [-0.2, -0.15) is 0 Å². The van der Waals surface area contributed by atoms with Crippen molar-refractivity contribution in [2.24, 2.45) is 0 Å². The van der Waals surface area contributed by atoms with Gasteiger partial charge < -0.3 is 23.1 Å². The van der Waals surface area contributed by atoms with Gasteiger partial charge in [-0.25, -0.2) is 0 Å². The molecule has 198 valence electrons. The molecule has 0 saturated carbocycles. The molecule has 2 aliphatic heterocycles. The third-order valence-electron chi connectivity index (χ3n) is 8.67. The number of fused-ring (bicyclic) bond motifs is 1. The maximum absolute atomic E-state index is 7.01. The lowest BCUT2D eigenvalue weighted by atomic mass is 9.86. The highest BCUT2D eigenvalue weighted by atomic mass is 28.4. The summed E-state index contributed by atoms with van der Waals surface area (Å²) in [5, 5.41) is 0.212. The second-order valence-electron chi connectivity index (χ2n) is 13.2. The lowest BCUT2D eigenvalue weighted by Crippen LogP contribution is -2.62. The molecule has 2 aliphatic rings. The SMILES string of the molecule is C=CCC[C@]1(OC)CC[C@H]2O[C@H](CO[Si](C)(C)C(C)(C)C)C(=C)[C@@H](O[Si](C)(C)C(C)(C)C)[C@@H]2O1. The van der Waals surface area contributed by atoms with E-state index in [9.17, 15) is 0 Å². The smallest absolute Gasteiger partial charge is 0.193 e. The van der Waals surface area contributed by atoms with Crippen molar-refractivity contribution < 1.29 is 23.1 Å². The summed E-state index contributed by atoms with van der Waals surface area (Å²) in [4.78, 5) is 0. The predicted octanol–water partition coefficient (Wildman–Crippen LogP) is 7.21. The molecule has 0 N–H and O–H groups in total. The van der Waals surface area contributed by atoms with Crippen LogP contribution in [-0.2, 0) is 23.1 Å². The van der Waals surface area contributed by atoms with E-state index in [0.717, 1.165) is 31.3 Å². The van der Waals surface area contributed by atoms with Gasteiger partial charge in [0.2, 0.25) is 0 Å². The topological polar surface area (TPSA) is 46.2 Å². The molecule has 0 aliphatic carbocycles. The fraction of sp³-hybridized carbons (Fsp3) is 0.852. The second-order valence-corrected chi connectivity index (χ2v) is 22.7. The lowest BCUT2D eigenvalue weighted by molar-refractivity contribution is -0.319. The second kappa shape index (κ2) is 10.6. The highest BCUT2D eigenvalue weighted by Crippen LogP contribution is 2.46. The first-order valence-electron chi connectivity index (χ1n) is 12.9. The molecule has 34 heavy (non-hydrogen) atoms. The Morgan fingerprint density at radius 3 is 2.15 bits per heavy atom. The zero-order chi connectivity index (χ0) is 26.2. The van der Waals surface area contributed by atoms with Gasteiger partial charge in [-0.1, -0.05) is 54.2 Å². The van der Waals surface area contributed by atoms with E-state index in [1.54, 1.807) is 7.11 Å². The molecule has 0 unspecified atom stereocenters. The molecule has 0 amide bonds. The van der Waals surface area contributed by atoms with Gasteiger partial charge in [-0.3, -0.25) is 0 Å². The van der Waals surface area contributed by atoms with E-state index >= 15 is 0 Å². The molecule has 7 heteroatoms. The van der Waals surface area contributed by atoms with Gasteiger partial charge in [0.25, 0.3) is 0 Å². The molecular weight excluding hydrogens is 460 g/mol. The minimum atomic E-state index is -2.10. The van der Waals surface area contributed by atoms with E-state index in [-0.39, 0.29) is 34.5 Å². The summed E-state index contributed by atoms with van der Waals surface area (Å²) in [7, 11) is -2.28. The minimum absolute atomic E-state index is 0.0692. The van der Waals surface area contributed by atoms with Crippen molar-refractivity contribution in [3.63, 3.8) is 0 Å². The number of hydrogen-bond donors (Lipinski definition) is 0. The molecule has 5 atom stereocenters. The number of rotatable bonds is 9. The third kappa shape index (κ3) is 6.52. The van der Waals surface area contributed by atoms with Crippen molar-refractivity contribution in [3.05, 3.63) is 24.8 Å². The first-order chi connectivity index (χ1) is 15.4. The highest BCUT2D eigenvalue weighted by molar-refractivity contribution is 6.74. The van der Waals surface area contributed by atoms with Crippen LogP contribution in [0.5, 0.6) is 0 Å². The van der Waals surface area contributed by atoms with Gasteiger partial charge in [0.05, 0.1) is 18.8 Å². The van der Waals surface area contributed by atoms with Crippen molar-refractivity contribution in [2.45, 2.75) is 134 Å². The summed E-state index contributed by atoms with van der Waals surface area (Å²) < 4.78 is 32.9. The van der Waals surface area contributed by atoms with Gasteiger partial charge in [0.15, 0.2) is 22.4 Å². The van der Waals surface area contributed by atoms with Crippen LogP contribution in [0.25, 0.3) is 0 Å². The fourth-order valence-corrected chi connectivity index (χ4v) is 6.32. The monoisotopic (exact) mass is 512 g/mol. The van der Waals surface area contributed by atoms with Gasteiger partial charge in [-0.15, -0.1) is 6.58 Å². The Labute approximate surface area is 211 Å². The summed E-state index contributed by atoms with van der Waals surface area (Å²) in [6.07, 6.45) is 4.42. The standard InChI is InChI=1S/C27H52O5Si2/c1-14-15-17-27(28-9)18-16-21-24(31-27)23(32-34(12,13)26(6,7)8)20(2)22(30-21)19-29-33(10,11)25(3,4)5/h14,21-24H,1-2,15-19H2,3-13H3/t21-,22-,23-,24-,27-/m1/s1. The maximum atomic E-state index is 7.01. The molecule has 0 aromatic rings. The van der Waals surface area contributed by atoms with Crippen molar-refractivity contribution in [3.8, 4) is 0 Å². The largest absolute Gasteiger partial charge is 0.414 e. The number of ether oxygens (including phenoxy) is 3. The Bertz CT molecular complexity index is 722. The Balaban J connectivity index is 2.34. The van der Waals surface area contributed by atoms with Crippen LogP contribution in [0.3, 0.4) is 0 Å². The zero-order valence-corrected chi connectivity index (χ0v) is 25.9. The Morgan fingerprint density at radius 2 is 1.65 bits per heavy atom. The van der Waals surface area contributed by atoms with Gasteiger partial charge in [0, 0.05) is 20.0 Å². The predicted molar refractivity (Wildman–Crippen MR) is 146 cm³/mol. The number of methoxy groups -OCH3 is 1. The van der Waals surface area contributed by atoms with Crippen LogP contribution in [0.15, 0.2) is 24.8 Å². The van der Waals surface area contributed by atoms with Gasteiger partial charge in [-0.05, 0) is 54.7 Å². The van der Waals surface area contributed by atoms with Crippen LogP contribution >= 0.6 is 0 Å². The zero-order valence-electron chi connectivity index (χ0n) is 23.9. The molecule has 0 spiro atoms. The molecule has 0 aromatic heterocycles. The summed E-state index contributed by atoms with van der Waals surface area (Å²) in [6, 6.07) is 0. The van der Waals surface area contributed by atoms with Crippen LogP contribution in [0, 0.1) is 0 Å². The first kappa shape index (κ1) is 29.9. The molecule has 2 fully saturated rings. The van der Waals surface area contributed by atoms with Gasteiger partial charge >= 0.3 is 0 Å². The summed E-state index contributed by atoms with van der Waals surface area (Å²) in [6.45, 7) is 31.6. The Morgan fingerprint density at radius 1 is 1.06 bits per heavy atom. The van der Waals surface area contributed by atoms with Crippen molar-refractivity contribution in [2.75, 3.05) is 13.7 Å². The molecule has 2 rings (SSSR count). The summed E-state index contributed by atoms with van der Waals surface area (Å²) in [5.74, 6) is -0.640. The molecule has 0 aromatic carbocycles. The average molecular weight is 513 g/mol. The molecular formula is C27H52O5Si2. The van der Waals surface area contributed by atoms with E-state index in [0.29, 0.717) is 6.61 Å². The van der Waals surface area contributed by atoms with E-state index in [4.69, 9.17) is 23.1 Å². The summed E-state index contributed by atoms with van der Waals surface area (Å²) in [5.41, 5.74) is 0.931. The van der Waals surface area contributed by atoms with Crippen LogP contribution in [0.2, 0.25) is 36.3 Å².